The van der Waals surface area contributed by atoms with Crippen LogP contribution in [0.2, 0.25) is 0 Å². The van der Waals surface area contributed by atoms with Gasteiger partial charge in [0.15, 0.2) is 0 Å². The zero-order valence-corrected chi connectivity index (χ0v) is 17.3. The van der Waals surface area contributed by atoms with Gasteiger partial charge in [0.2, 0.25) is 0 Å². The van der Waals surface area contributed by atoms with Crippen LogP contribution in [0.1, 0.15) is 70.6 Å². The third-order valence-corrected chi connectivity index (χ3v) is 5.76. The molecule has 1 aliphatic carbocycles. The van der Waals surface area contributed by atoms with Crippen LogP contribution >= 0.6 is 22.6 Å². The van der Waals surface area contributed by atoms with Crippen molar-refractivity contribution in [3.05, 3.63) is 58.7 Å². The molecule has 0 aromatic heterocycles. The molecule has 2 rings (SSSR count). The number of benzene rings is 1. The predicted octanol–water partition coefficient (Wildman–Crippen LogP) is 7.34. The Balaban J connectivity index is 2.44. The minimum absolute atomic E-state index is 0.100. The molecular weight excluding hydrogens is 391 g/mol. The first kappa shape index (κ1) is 18.5. The molecule has 0 atom stereocenters. The van der Waals surface area contributed by atoms with E-state index < -0.39 is 0 Å². The summed E-state index contributed by atoms with van der Waals surface area (Å²) < 4.78 is 1.22. The molecule has 1 heteroatoms. The lowest BCUT2D eigenvalue weighted by atomic mass is 9.80. The highest BCUT2D eigenvalue weighted by atomic mass is 127. The van der Waals surface area contributed by atoms with Crippen LogP contribution in [0.15, 0.2) is 42.0 Å². The van der Waals surface area contributed by atoms with Crippen molar-refractivity contribution in [2.75, 3.05) is 4.43 Å². The van der Waals surface area contributed by atoms with E-state index in [9.17, 15) is 0 Å². The molecule has 0 saturated carbocycles. The van der Waals surface area contributed by atoms with E-state index in [1.165, 1.54) is 50.7 Å². The fourth-order valence-electron chi connectivity index (χ4n) is 3.63. The summed E-state index contributed by atoms with van der Waals surface area (Å²) in [7, 11) is 0. The zero-order valence-electron chi connectivity index (χ0n) is 15.2. The van der Waals surface area contributed by atoms with Gasteiger partial charge in [0, 0.05) is 5.41 Å². The number of hydrogen-bond acceptors (Lipinski definition) is 0. The molecule has 0 amide bonds. The van der Waals surface area contributed by atoms with Crippen molar-refractivity contribution in [3.8, 4) is 0 Å². The molecule has 0 spiro atoms. The quantitative estimate of drug-likeness (QED) is 0.334. The number of alkyl halides is 1. The van der Waals surface area contributed by atoms with Gasteiger partial charge >= 0.3 is 0 Å². The van der Waals surface area contributed by atoms with Gasteiger partial charge in [0.25, 0.3) is 0 Å². The molecule has 1 aromatic carbocycles. The first-order valence-electron chi connectivity index (χ1n) is 8.71. The molecule has 0 unspecified atom stereocenters. The molecular formula is C22H29I. The molecule has 23 heavy (non-hydrogen) atoms. The Morgan fingerprint density at radius 1 is 1.26 bits per heavy atom. The average Bonchev–Trinajstić information content (AvgIpc) is 2.73. The molecule has 0 N–H and O–H groups in total. The van der Waals surface area contributed by atoms with Crippen LogP contribution in [0.4, 0.5) is 0 Å². The average molecular weight is 420 g/mol. The molecule has 0 fully saturated rings. The van der Waals surface area contributed by atoms with E-state index in [2.05, 4.69) is 93.6 Å². The van der Waals surface area contributed by atoms with Crippen LogP contribution in [-0.4, -0.2) is 4.43 Å². The summed E-state index contributed by atoms with van der Waals surface area (Å²) in [4.78, 5) is 0. The minimum atomic E-state index is 0.100. The summed E-state index contributed by atoms with van der Waals surface area (Å²) in [6.45, 7) is 11.4. The predicted molar refractivity (Wildman–Crippen MR) is 113 cm³/mol. The summed E-state index contributed by atoms with van der Waals surface area (Å²) in [5.74, 6) is 0. The molecule has 0 aliphatic heterocycles. The number of hydrogen-bond donors (Lipinski definition) is 0. The van der Waals surface area contributed by atoms with E-state index in [0.29, 0.717) is 0 Å². The Morgan fingerprint density at radius 2 is 2.00 bits per heavy atom. The van der Waals surface area contributed by atoms with Gasteiger partial charge in [0.1, 0.15) is 0 Å². The Morgan fingerprint density at radius 3 is 2.61 bits per heavy atom. The van der Waals surface area contributed by atoms with Crippen molar-refractivity contribution in [2.24, 2.45) is 0 Å². The highest BCUT2D eigenvalue weighted by Crippen LogP contribution is 2.47. The molecule has 0 nitrogen and oxygen atoms in total. The lowest BCUT2D eigenvalue weighted by Crippen LogP contribution is -2.16. The summed E-state index contributed by atoms with van der Waals surface area (Å²) in [6.07, 6.45) is 10.4. The highest BCUT2D eigenvalue weighted by molar-refractivity contribution is 14.1. The summed E-state index contributed by atoms with van der Waals surface area (Å²) >= 11 is 2.47. The van der Waals surface area contributed by atoms with Crippen molar-refractivity contribution in [1.29, 1.82) is 0 Å². The van der Waals surface area contributed by atoms with Crippen LogP contribution in [-0.2, 0) is 5.41 Å². The van der Waals surface area contributed by atoms with E-state index in [0.717, 1.165) is 6.42 Å². The van der Waals surface area contributed by atoms with Crippen molar-refractivity contribution < 1.29 is 0 Å². The van der Waals surface area contributed by atoms with E-state index in [4.69, 9.17) is 0 Å². The SMILES string of the molecule is C/C=C(\CCCI)c1ccc2c(c1)C(C)(C)C(/C=C\CC)=C2C. The second kappa shape index (κ2) is 7.83. The highest BCUT2D eigenvalue weighted by Gasteiger charge is 2.34. The van der Waals surface area contributed by atoms with Gasteiger partial charge in [0.05, 0.1) is 0 Å². The Bertz CT molecular complexity index is 657. The molecule has 0 bridgehead atoms. The van der Waals surface area contributed by atoms with Gasteiger partial charge in [-0.1, -0.05) is 79.8 Å². The smallest absolute Gasteiger partial charge is 0.0155 e. The third-order valence-electron chi connectivity index (χ3n) is 4.99. The lowest BCUT2D eigenvalue weighted by molar-refractivity contribution is 0.653. The summed E-state index contributed by atoms with van der Waals surface area (Å²) in [5.41, 5.74) is 8.81. The van der Waals surface area contributed by atoms with Gasteiger partial charge in [-0.25, -0.2) is 0 Å². The van der Waals surface area contributed by atoms with Gasteiger partial charge in [-0.2, -0.15) is 0 Å². The van der Waals surface area contributed by atoms with E-state index in [1.807, 2.05) is 0 Å². The third kappa shape index (κ3) is 3.65. The molecule has 124 valence electrons. The fourth-order valence-corrected chi connectivity index (χ4v) is 4.01. The maximum Gasteiger partial charge on any atom is 0.0155 e. The first-order valence-corrected chi connectivity index (χ1v) is 10.2. The van der Waals surface area contributed by atoms with Crippen LogP contribution in [0, 0.1) is 0 Å². The maximum absolute atomic E-state index is 2.47. The van der Waals surface area contributed by atoms with Gasteiger partial charge in [-0.15, -0.1) is 0 Å². The minimum Gasteiger partial charge on any atom is -0.0864 e. The van der Waals surface area contributed by atoms with Crippen LogP contribution < -0.4 is 0 Å². The topological polar surface area (TPSA) is 0 Å². The van der Waals surface area contributed by atoms with Gasteiger partial charge in [-0.05, 0) is 70.9 Å². The second-order valence-electron chi connectivity index (χ2n) is 6.84. The van der Waals surface area contributed by atoms with Gasteiger partial charge in [-0.3, -0.25) is 0 Å². The standard InChI is InChI=1S/C22H29I/c1-6-8-11-20-16(3)19-13-12-18(15-21(19)22(20,4)5)17(7-2)10-9-14-23/h7-8,11-13,15H,6,9-10,14H2,1-5H3/b11-8-,17-7+. The molecule has 0 heterocycles. The van der Waals surface area contributed by atoms with E-state index in [1.54, 1.807) is 0 Å². The Kier molecular flexibility index (Phi) is 6.30. The largest absolute Gasteiger partial charge is 0.0864 e. The molecule has 1 aliphatic rings. The molecule has 0 saturated heterocycles. The Labute approximate surface area is 155 Å². The summed E-state index contributed by atoms with van der Waals surface area (Å²) in [5, 5.41) is 0. The maximum atomic E-state index is 2.47. The fraction of sp³-hybridized carbons (Fsp3) is 0.455. The van der Waals surface area contributed by atoms with E-state index >= 15 is 0 Å². The van der Waals surface area contributed by atoms with Crippen LogP contribution in [0.5, 0.6) is 0 Å². The lowest BCUT2D eigenvalue weighted by Gasteiger charge is -2.24. The van der Waals surface area contributed by atoms with Crippen LogP contribution in [0.3, 0.4) is 0 Å². The van der Waals surface area contributed by atoms with Gasteiger partial charge < -0.3 is 0 Å². The van der Waals surface area contributed by atoms with E-state index in [-0.39, 0.29) is 5.41 Å². The number of allylic oxidation sites excluding steroid dienone is 6. The Hall–Kier alpha value is -0.830. The van der Waals surface area contributed by atoms with Crippen LogP contribution in [0.25, 0.3) is 11.1 Å². The molecule has 0 radical (unpaired) electrons. The number of halogens is 1. The first-order chi connectivity index (χ1) is 11.0. The number of rotatable bonds is 6. The van der Waals surface area contributed by atoms with Crippen molar-refractivity contribution in [2.45, 2.75) is 59.3 Å². The second-order valence-corrected chi connectivity index (χ2v) is 7.92. The number of fused-ring (bicyclic) bond motifs is 1. The molecule has 1 aromatic rings. The van der Waals surface area contributed by atoms with Crippen molar-refractivity contribution >= 4 is 33.7 Å². The monoisotopic (exact) mass is 420 g/mol. The normalized spacial score (nSPS) is 17.2. The van der Waals surface area contributed by atoms with Crippen molar-refractivity contribution in [3.63, 3.8) is 0 Å². The van der Waals surface area contributed by atoms with Crippen molar-refractivity contribution in [1.82, 2.24) is 0 Å². The summed E-state index contributed by atoms with van der Waals surface area (Å²) in [6, 6.07) is 7.09. The zero-order chi connectivity index (χ0) is 17.0.